The summed E-state index contributed by atoms with van der Waals surface area (Å²) in [5.74, 6) is -0.0902. The number of carbonyl (C=O) groups excluding carboxylic acids is 2. The first-order valence-corrected chi connectivity index (χ1v) is 8.88. The molecule has 23 heavy (non-hydrogen) atoms. The lowest BCUT2D eigenvalue weighted by Crippen LogP contribution is -2.17. The minimum absolute atomic E-state index is 0.102. The Balaban J connectivity index is 1.81. The van der Waals surface area contributed by atoms with Gasteiger partial charge in [0, 0.05) is 11.6 Å². The Morgan fingerprint density at radius 1 is 1.17 bits per heavy atom. The van der Waals surface area contributed by atoms with E-state index in [0.717, 1.165) is 11.3 Å². The van der Waals surface area contributed by atoms with E-state index in [9.17, 15) is 9.59 Å². The molecule has 1 aromatic heterocycles. The van der Waals surface area contributed by atoms with E-state index in [1.807, 2.05) is 31.2 Å². The molecule has 0 aliphatic carbocycles. The van der Waals surface area contributed by atoms with Crippen LogP contribution in [-0.4, -0.2) is 27.8 Å². The highest BCUT2D eigenvalue weighted by Gasteiger charge is 2.12. The van der Waals surface area contributed by atoms with Crippen LogP contribution in [0.4, 0.5) is 10.8 Å². The molecule has 0 bridgehead atoms. The molecule has 8 heteroatoms. The number of carbonyl (C=O) groups is 2. The smallest absolute Gasteiger partial charge is 0.234 e. The number of nitrogens with zero attached hydrogens (tertiary/aromatic N) is 2. The molecule has 0 unspecified atom stereocenters. The Bertz CT molecular complexity index is 683. The summed E-state index contributed by atoms with van der Waals surface area (Å²) in [6.45, 7) is 5.61. The second-order valence-corrected chi connectivity index (χ2v) is 7.42. The largest absolute Gasteiger partial charge is 0.325 e. The van der Waals surface area contributed by atoms with Gasteiger partial charge >= 0.3 is 0 Å². The van der Waals surface area contributed by atoms with Crippen LogP contribution in [0.3, 0.4) is 0 Å². The minimum atomic E-state index is -0.115. The molecule has 2 amide bonds. The van der Waals surface area contributed by atoms with Crippen molar-refractivity contribution >= 4 is 45.7 Å². The second kappa shape index (κ2) is 8.07. The second-order valence-electron chi connectivity index (χ2n) is 5.22. The first-order valence-electron chi connectivity index (χ1n) is 7.07. The third kappa shape index (κ3) is 5.65. The molecule has 0 aliphatic heterocycles. The standard InChI is InChI=1S/C15H18N4O2S2/c1-9(2)13(21)17-14-18-19-15(23-14)22-8-12(20)16-11-6-4-10(3)5-7-11/h4-7,9H,8H2,1-3H3,(H,16,20)(H,17,18,21). The van der Waals surface area contributed by atoms with Gasteiger partial charge in [-0.3, -0.25) is 9.59 Å². The van der Waals surface area contributed by atoms with Crippen molar-refractivity contribution in [1.29, 1.82) is 0 Å². The fourth-order valence-corrected chi connectivity index (χ4v) is 3.08. The lowest BCUT2D eigenvalue weighted by molar-refractivity contribution is -0.119. The van der Waals surface area contributed by atoms with Gasteiger partial charge < -0.3 is 10.6 Å². The number of aryl methyl sites for hydroxylation is 1. The molecule has 2 N–H and O–H groups in total. The zero-order valence-corrected chi connectivity index (χ0v) is 14.8. The van der Waals surface area contributed by atoms with Crippen molar-refractivity contribution < 1.29 is 9.59 Å². The van der Waals surface area contributed by atoms with Gasteiger partial charge in [-0.2, -0.15) is 0 Å². The van der Waals surface area contributed by atoms with E-state index >= 15 is 0 Å². The van der Waals surface area contributed by atoms with E-state index in [4.69, 9.17) is 0 Å². The summed E-state index contributed by atoms with van der Waals surface area (Å²) in [4.78, 5) is 23.5. The highest BCUT2D eigenvalue weighted by Crippen LogP contribution is 2.25. The number of anilines is 2. The molecule has 1 aromatic carbocycles. The van der Waals surface area contributed by atoms with Gasteiger partial charge in [0.05, 0.1) is 5.75 Å². The van der Waals surface area contributed by atoms with Gasteiger partial charge in [0.1, 0.15) is 0 Å². The van der Waals surface area contributed by atoms with Crippen molar-refractivity contribution in [3.05, 3.63) is 29.8 Å². The number of benzene rings is 1. The summed E-state index contributed by atoms with van der Waals surface area (Å²) in [5, 5.41) is 13.8. The van der Waals surface area contributed by atoms with Crippen LogP contribution >= 0.6 is 23.1 Å². The van der Waals surface area contributed by atoms with Gasteiger partial charge in [0.2, 0.25) is 16.9 Å². The monoisotopic (exact) mass is 350 g/mol. The van der Waals surface area contributed by atoms with Crippen molar-refractivity contribution in [2.24, 2.45) is 5.92 Å². The number of hydrogen-bond donors (Lipinski definition) is 2. The summed E-state index contributed by atoms with van der Waals surface area (Å²) >= 11 is 2.55. The van der Waals surface area contributed by atoms with Crippen LogP contribution in [0.25, 0.3) is 0 Å². The van der Waals surface area contributed by atoms with Crippen LogP contribution < -0.4 is 10.6 Å². The van der Waals surface area contributed by atoms with Crippen LogP contribution in [0.2, 0.25) is 0 Å². The van der Waals surface area contributed by atoms with E-state index in [1.165, 1.54) is 23.1 Å². The van der Waals surface area contributed by atoms with Gasteiger partial charge in [0.15, 0.2) is 4.34 Å². The molecule has 122 valence electrons. The van der Waals surface area contributed by atoms with Crippen LogP contribution in [-0.2, 0) is 9.59 Å². The maximum atomic E-state index is 11.9. The Kier molecular flexibility index (Phi) is 6.12. The Morgan fingerprint density at radius 3 is 2.52 bits per heavy atom. The minimum Gasteiger partial charge on any atom is -0.325 e. The average molecular weight is 350 g/mol. The zero-order valence-electron chi connectivity index (χ0n) is 13.1. The molecule has 2 rings (SSSR count). The maximum absolute atomic E-state index is 11.9. The van der Waals surface area contributed by atoms with Crippen LogP contribution in [0.1, 0.15) is 19.4 Å². The highest BCUT2D eigenvalue weighted by atomic mass is 32.2. The van der Waals surface area contributed by atoms with E-state index in [2.05, 4.69) is 20.8 Å². The zero-order chi connectivity index (χ0) is 16.8. The number of hydrogen-bond acceptors (Lipinski definition) is 6. The molecule has 0 saturated heterocycles. The van der Waals surface area contributed by atoms with Gasteiger partial charge in [0.25, 0.3) is 0 Å². The fraction of sp³-hybridized carbons (Fsp3) is 0.333. The highest BCUT2D eigenvalue weighted by molar-refractivity contribution is 8.01. The quantitative estimate of drug-likeness (QED) is 0.617. The van der Waals surface area contributed by atoms with Crippen molar-refractivity contribution in [2.75, 3.05) is 16.4 Å². The summed E-state index contributed by atoms with van der Waals surface area (Å²) in [6, 6.07) is 7.61. The van der Waals surface area contributed by atoms with Crippen LogP contribution in [0.15, 0.2) is 28.6 Å². The normalized spacial score (nSPS) is 10.6. The number of rotatable bonds is 6. The van der Waals surface area contributed by atoms with E-state index in [1.54, 1.807) is 13.8 Å². The maximum Gasteiger partial charge on any atom is 0.234 e. The Hall–Kier alpha value is -1.93. The Morgan fingerprint density at radius 2 is 1.87 bits per heavy atom. The lowest BCUT2D eigenvalue weighted by atomic mass is 10.2. The van der Waals surface area contributed by atoms with E-state index in [0.29, 0.717) is 9.47 Å². The number of nitrogens with one attached hydrogen (secondary N) is 2. The third-order valence-electron chi connectivity index (χ3n) is 2.82. The SMILES string of the molecule is Cc1ccc(NC(=O)CSc2nnc(NC(=O)C(C)C)s2)cc1. The van der Waals surface area contributed by atoms with E-state index < -0.39 is 0 Å². The molecule has 0 atom stereocenters. The lowest BCUT2D eigenvalue weighted by Gasteiger charge is -2.04. The summed E-state index contributed by atoms with van der Waals surface area (Å²) < 4.78 is 0.642. The third-order valence-corrected chi connectivity index (χ3v) is 4.80. The first-order chi connectivity index (χ1) is 10.9. The first kappa shape index (κ1) is 17.4. The van der Waals surface area contributed by atoms with Gasteiger partial charge in [-0.25, -0.2) is 0 Å². The van der Waals surface area contributed by atoms with Crippen LogP contribution in [0, 0.1) is 12.8 Å². The topological polar surface area (TPSA) is 84.0 Å². The molecule has 0 fully saturated rings. The molecular weight excluding hydrogens is 332 g/mol. The van der Waals surface area contributed by atoms with Crippen molar-refractivity contribution in [3.8, 4) is 0 Å². The number of aromatic nitrogens is 2. The number of amides is 2. The molecule has 2 aromatic rings. The van der Waals surface area contributed by atoms with Crippen molar-refractivity contribution in [3.63, 3.8) is 0 Å². The molecular formula is C15H18N4O2S2. The van der Waals surface area contributed by atoms with Crippen molar-refractivity contribution in [2.45, 2.75) is 25.1 Å². The predicted molar refractivity (Wildman–Crippen MR) is 93.9 cm³/mol. The summed E-state index contributed by atoms with van der Waals surface area (Å²) in [7, 11) is 0. The Labute approximate surface area is 143 Å². The van der Waals surface area contributed by atoms with Crippen LogP contribution in [0.5, 0.6) is 0 Å². The van der Waals surface area contributed by atoms with Gasteiger partial charge in [-0.1, -0.05) is 54.6 Å². The summed E-state index contributed by atoms with van der Waals surface area (Å²) in [6.07, 6.45) is 0. The van der Waals surface area contributed by atoms with E-state index in [-0.39, 0.29) is 23.5 Å². The molecule has 1 heterocycles. The average Bonchev–Trinajstić information content (AvgIpc) is 2.95. The molecule has 0 aliphatic rings. The van der Waals surface area contributed by atoms with Gasteiger partial charge in [-0.15, -0.1) is 10.2 Å². The van der Waals surface area contributed by atoms with Gasteiger partial charge in [-0.05, 0) is 19.1 Å². The van der Waals surface area contributed by atoms with Crippen molar-refractivity contribution in [1.82, 2.24) is 10.2 Å². The molecule has 0 radical (unpaired) electrons. The molecule has 6 nitrogen and oxygen atoms in total. The number of thioether (sulfide) groups is 1. The fourth-order valence-electron chi connectivity index (χ4n) is 1.53. The summed E-state index contributed by atoms with van der Waals surface area (Å²) in [5.41, 5.74) is 1.91. The molecule has 0 saturated carbocycles. The molecule has 0 spiro atoms. The predicted octanol–water partition coefficient (Wildman–Crippen LogP) is 3.17.